The van der Waals surface area contributed by atoms with E-state index in [1.165, 1.54) is 6.07 Å². The molecular formula is C8H7ClN2O3. The molecule has 0 aliphatic carbocycles. The summed E-state index contributed by atoms with van der Waals surface area (Å²) in [5, 5.41) is 13.5. The molecule has 1 aromatic rings. The van der Waals surface area contributed by atoms with Gasteiger partial charge in [-0.2, -0.15) is 0 Å². The van der Waals surface area contributed by atoms with Crippen molar-refractivity contribution in [1.29, 1.82) is 0 Å². The molecule has 74 valence electrons. The lowest BCUT2D eigenvalue weighted by atomic mass is 10.2. The molecule has 1 aliphatic rings. The average molecular weight is 215 g/mol. The van der Waals surface area contributed by atoms with Crippen LogP contribution in [0.4, 0.5) is 11.4 Å². The van der Waals surface area contributed by atoms with Crippen LogP contribution in [0, 0.1) is 10.1 Å². The minimum Gasteiger partial charge on any atom is -0.467 e. The number of nitro groups is 1. The first-order valence-corrected chi connectivity index (χ1v) is 4.52. The number of nitrogens with zero attached hydrogens (tertiary/aromatic N) is 1. The SMILES string of the molecule is O=[N+]([O-])c1cccc2c1NC(CCl)O2. The van der Waals surface area contributed by atoms with E-state index in [1.54, 1.807) is 12.1 Å². The van der Waals surface area contributed by atoms with Gasteiger partial charge < -0.3 is 10.1 Å². The van der Waals surface area contributed by atoms with Gasteiger partial charge in [0.05, 0.1) is 10.8 Å². The van der Waals surface area contributed by atoms with Crippen LogP contribution in [0.25, 0.3) is 0 Å². The topological polar surface area (TPSA) is 64.4 Å². The minimum atomic E-state index is -0.453. The Morgan fingerprint density at radius 2 is 2.43 bits per heavy atom. The van der Waals surface area contributed by atoms with Gasteiger partial charge in [0, 0.05) is 6.07 Å². The zero-order valence-electron chi connectivity index (χ0n) is 7.07. The zero-order chi connectivity index (χ0) is 10.1. The van der Waals surface area contributed by atoms with Crippen molar-refractivity contribution in [2.24, 2.45) is 0 Å². The monoisotopic (exact) mass is 214 g/mol. The number of fused-ring (bicyclic) bond motifs is 1. The van der Waals surface area contributed by atoms with Crippen molar-refractivity contribution in [3.05, 3.63) is 28.3 Å². The summed E-state index contributed by atoms with van der Waals surface area (Å²) in [6.45, 7) is 0. The highest BCUT2D eigenvalue weighted by Gasteiger charge is 2.28. The summed E-state index contributed by atoms with van der Waals surface area (Å²) in [6.07, 6.45) is -0.382. The molecule has 0 bridgehead atoms. The van der Waals surface area contributed by atoms with E-state index in [2.05, 4.69) is 5.32 Å². The van der Waals surface area contributed by atoms with E-state index in [-0.39, 0.29) is 17.8 Å². The molecule has 0 amide bonds. The number of hydrogen-bond acceptors (Lipinski definition) is 4. The van der Waals surface area contributed by atoms with Crippen LogP contribution in [0.2, 0.25) is 0 Å². The Labute approximate surface area is 84.8 Å². The van der Waals surface area contributed by atoms with Crippen molar-refractivity contribution >= 4 is 23.0 Å². The fraction of sp³-hybridized carbons (Fsp3) is 0.250. The van der Waals surface area contributed by atoms with E-state index in [1.807, 2.05) is 0 Å². The number of benzene rings is 1. The van der Waals surface area contributed by atoms with Crippen LogP contribution in [-0.4, -0.2) is 17.0 Å². The van der Waals surface area contributed by atoms with Crippen LogP contribution < -0.4 is 10.1 Å². The highest BCUT2D eigenvalue weighted by atomic mass is 35.5. The normalized spacial score (nSPS) is 18.2. The predicted molar refractivity (Wildman–Crippen MR) is 51.9 cm³/mol. The molecule has 2 rings (SSSR count). The second-order valence-corrected chi connectivity index (χ2v) is 3.12. The van der Waals surface area contributed by atoms with Crippen molar-refractivity contribution in [3.63, 3.8) is 0 Å². The maximum atomic E-state index is 10.6. The lowest BCUT2D eigenvalue weighted by Crippen LogP contribution is -2.21. The number of rotatable bonds is 2. The summed E-state index contributed by atoms with van der Waals surface area (Å²) in [5.74, 6) is 0.719. The third-order valence-electron chi connectivity index (χ3n) is 1.92. The zero-order valence-corrected chi connectivity index (χ0v) is 7.82. The van der Waals surface area contributed by atoms with Crippen LogP contribution in [0.5, 0.6) is 5.75 Å². The fourth-order valence-electron chi connectivity index (χ4n) is 1.33. The highest BCUT2D eigenvalue weighted by molar-refractivity contribution is 6.18. The second kappa shape index (κ2) is 3.34. The molecule has 0 saturated carbocycles. The first-order valence-electron chi connectivity index (χ1n) is 3.99. The summed E-state index contributed by atoms with van der Waals surface area (Å²) in [7, 11) is 0. The number of ether oxygens (including phenoxy) is 1. The molecule has 0 fully saturated rings. The van der Waals surface area contributed by atoms with Gasteiger partial charge in [-0.25, -0.2) is 0 Å². The van der Waals surface area contributed by atoms with Crippen molar-refractivity contribution in [3.8, 4) is 5.75 Å². The molecule has 0 aromatic heterocycles. The number of halogens is 1. The summed E-state index contributed by atoms with van der Waals surface area (Å²) in [4.78, 5) is 10.2. The van der Waals surface area contributed by atoms with Gasteiger partial charge in [-0.15, -0.1) is 11.6 Å². The van der Waals surface area contributed by atoms with E-state index in [9.17, 15) is 10.1 Å². The van der Waals surface area contributed by atoms with E-state index >= 15 is 0 Å². The van der Waals surface area contributed by atoms with E-state index in [0.717, 1.165) is 0 Å². The Hall–Kier alpha value is -1.49. The van der Waals surface area contributed by atoms with E-state index in [4.69, 9.17) is 16.3 Å². The molecular weight excluding hydrogens is 208 g/mol. The number of para-hydroxylation sites is 1. The van der Waals surface area contributed by atoms with Gasteiger partial charge in [0.1, 0.15) is 0 Å². The second-order valence-electron chi connectivity index (χ2n) is 2.81. The third kappa shape index (κ3) is 1.35. The number of alkyl halides is 1. The lowest BCUT2D eigenvalue weighted by molar-refractivity contribution is -0.383. The number of hydrogen-bond donors (Lipinski definition) is 1. The number of nitro benzene ring substituents is 1. The van der Waals surface area contributed by atoms with Gasteiger partial charge in [-0.1, -0.05) is 6.07 Å². The van der Waals surface area contributed by atoms with Gasteiger partial charge in [0.25, 0.3) is 5.69 Å². The summed E-state index contributed by atoms with van der Waals surface area (Å²) in [6, 6.07) is 4.67. The minimum absolute atomic E-state index is 0.00937. The van der Waals surface area contributed by atoms with Crippen molar-refractivity contribution in [2.75, 3.05) is 11.2 Å². The molecule has 1 atom stereocenters. The van der Waals surface area contributed by atoms with Crippen LogP contribution in [0.3, 0.4) is 0 Å². The molecule has 14 heavy (non-hydrogen) atoms. The quantitative estimate of drug-likeness (QED) is 0.464. The smallest absolute Gasteiger partial charge is 0.296 e. The Balaban J connectivity index is 2.41. The van der Waals surface area contributed by atoms with Crippen LogP contribution in [0.1, 0.15) is 0 Å². The standard InChI is InChI=1S/C8H7ClN2O3/c9-4-7-10-8-5(11(12)13)2-1-3-6(8)14-7/h1-3,7,10H,4H2. The van der Waals surface area contributed by atoms with Crippen LogP contribution in [-0.2, 0) is 0 Å². The van der Waals surface area contributed by atoms with Crippen LogP contribution >= 0.6 is 11.6 Å². The first kappa shape index (κ1) is 9.08. The Morgan fingerprint density at radius 1 is 1.64 bits per heavy atom. The first-order chi connectivity index (χ1) is 6.72. The van der Waals surface area contributed by atoms with Crippen LogP contribution in [0.15, 0.2) is 18.2 Å². The van der Waals surface area contributed by atoms with Crippen molar-refractivity contribution < 1.29 is 9.66 Å². The summed E-state index contributed by atoms with van der Waals surface area (Å²) in [5.41, 5.74) is 0.415. The predicted octanol–water partition coefficient (Wildman–Crippen LogP) is 1.96. The fourth-order valence-corrected chi connectivity index (χ4v) is 1.47. The van der Waals surface area contributed by atoms with E-state index < -0.39 is 4.92 Å². The maximum Gasteiger partial charge on any atom is 0.296 e. The summed E-state index contributed by atoms with van der Waals surface area (Å²) < 4.78 is 5.30. The average Bonchev–Trinajstić information content (AvgIpc) is 2.59. The Kier molecular flexibility index (Phi) is 2.17. The number of nitrogens with one attached hydrogen (secondary N) is 1. The molecule has 5 nitrogen and oxygen atoms in total. The van der Waals surface area contributed by atoms with Gasteiger partial charge >= 0.3 is 0 Å². The lowest BCUT2D eigenvalue weighted by Gasteiger charge is -2.04. The molecule has 1 aromatic carbocycles. The van der Waals surface area contributed by atoms with Gasteiger partial charge in [0.2, 0.25) is 0 Å². The van der Waals surface area contributed by atoms with Gasteiger partial charge in [-0.3, -0.25) is 10.1 Å². The molecule has 1 unspecified atom stereocenters. The van der Waals surface area contributed by atoms with E-state index in [0.29, 0.717) is 11.4 Å². The molecule has 6 heteroatoms. The molecule has 0 radical (unpaired) electrons. The third-order valence-corrected chi connectivity index (χ3v) is 2.20. The Bertz CT molecular complexity index is 383. The van der Waals surface area contributed by atoms with Crippen molar-refractivity contribution in [1.82, 2.24) is 0 Å². The summed E-state index contributed by atoms with van der Waals surface area (Å²) >= 11 is 5.57. The molecule has 0 spiro atoms. The molecule has 1 heterocycles. The van der Waals surface area contributed by atoms with Gasteiger partial charge in [-0.05, 0) is 6.07 Å². The Morgan fingerprint density at radius 3 is 3.07 bits per heavy atom. The molecule has 1 N–H and O–H groups in total. The highest BCUT2D eigenvalue weighted by Crippen LogP contribution is 2.39. The molecule has 1 aliphatic heterocycles. The van der Waals surface area contributed by atoms with Gasteiger partial charge in [0.15, 0.2) is 17.7 Å². The number of anilines is 1. The largest absolute Gasteiger partial charge is 0.467 e. The molecule has 0 saturated heterocycles. The maximum absolute atomic E-state index is 10.6. The van der Waals surface area contributed by atoms with Crippen molar-refractivity contribution in [2.45, 2.75) is 6.23 Å².